The first kappa shape index (κ1) is 28.8. The number of pyridine rings is 1. The summed E-state index contributed by atoms with van der Waals surface area (Å²) in [5.41, 5.74) is 0.349. The first-order valence-electron chi connectivity index (χ1n) is 12.5. The molecule has 39 heavy (non-hydrogen) atoms. The zero-order chi connectivity index (χ0) is 27.9. The minimum Gasteiger partial charge on any atom is -0.489 e. The number of hydrogen-bond acceptors (Lipinski definition) is 7. The van der Waals surface area contributed by atoms with Gasteiger partial charge in [-0.15, -0.1) is 11.8 Å². The van der Waals surface area contributed by atoms with Gasteiger partial charge in [0.15, 0.2) is 0 Å². The smallest absolute Gasteiger partial charge is 0.259 e. The molecule has 0 spiro atoms. The average Bonchev–Trinajstić information content (AvgIpc) is 2.90. The number of carbonyl (C=O) groups excluding carboxylic acids is 2. The van der Waals surface area contributed by atoms with Crippen molar-refractivity contribution in [2.75, 3.05) is 36.5 Å². The molecule has 11 heteroatoms. The topological polar surface area (TPSA) is 104 Å². The molecule has 1 aliphatic rings. The van der Waals surface area contributed by atoms with Gasteiger partial charge in [0, 0.05) is 30.7 Å². The number of aromatic nitrogens is 1. The lowest BCUT2D eigenvalue weighted by atomic mass is 10.1. The third kappa shape index (κ3) is 7.92. The Labute approximate surface area is 235 Å². The molecule has 0 saturated carbocycles. The Balaban J connectivity index is 1.52. The van der Waals surface area contributed by atoms with Crippen molar-refractivity contribution in [3.63, 3.8) is 0 Å². The maximum atomic E-state index is 14.2. The van der Waals surface area contributed by atoms with E-state index < -0.39 is 23.7 Å². The minimum absolute atomic E-state index is 0.0118. The van der Waals surface area contributed by atoms with Crippen LogP contribution >= 0.6 is 23.4 Å². The number of nitrogens with zero attached hydrogens (tertiary/aromatic N) is 2. The van der Waals surface area contributed by atoms with Crippen molar-refractivity contribution in [2.24, 2.45) is 0 Å². The predicted molar refractivity (Wildman–Crippen MR) is 152 cm³/mol. The number of carbonyl (C=O) groups is 2. The van der Waals surface area contributed by atoms with Crippen LogP contribution in [0.5, 0.6) is 5.75 Å². The molecule has 0 unspecified atom stereocenters. The highest BCUT2D eigenvalue weighted by Gasteiger charge is 2.24. The zero-order valence-electron chi connectivity index (χ0n) is 21.6. The molecule has 1 atom stereocenters. The fourth-order valence-electron chi connectivity index (χ4n) is 4.32. The summed E-state index contributed by atoms with van der Waals surface area (Å²) in [6.07, 6.45) is 4.34. The van der Waals surface area contributed by atoms with Gasteiger partial charge >= 0.3 is 0 Å². The number of halogens is 2. The predicted octanol–water partition coefficient (Wildman–Crippen LogP) is 5.32. The maximum Gasteiger partial charge on any atom is 0.259 e. The number of aliphatic hydroxyl groups is 1. The number of ether oxygens (including phenoxy) is 1. The highest BCUT2D eigenvalue weighted by Crippen LogP contribution is 2.30. The van der Waals surface area contributed by atoms with Crippen LogP contribution in [0.25, 0.3) is 0 Å². The largest absolute Gasteiger partial charge is 0.489 e. The van der Waals surface area contributed by atoms with Crippen molar-refractivity contribution < 1.29 is 23.8 Å². The molecule has 2 heterocycles. The molecule has 206 valence electrons. The number of piperidine rings is 1. The number of rotatable bonds is 9. The summed E-state index contributed by atoms with van der Waals surface area (Å²) in [4.78, 5) is 33.5. The Bertz CT molecular complexity index is 1320. The lowest BCUT2D eigenvalue weighted by molar-refractivity contribution is 0.0664. The van der Waals surface area contributed by atoms with Gasteiger partial charge in [0.1, 0.15) is 23.5 Å². The molecule has 3 aromatic rings. The van der Waals surface area contributed by atoms with Gasteiger partial charge in [0.2, 0.25) is 0 Å². The fraction of sp³-hybridized carbons (Fsp3) is 0.321. The molecule has 1 saturated heterocycles. The Morgan fingerprint density at radius 1 is 1.13 bits per heavy atom. The fourth-order valence-corrected chi connectivity index (χ4v) is 4.86. The van der Waals surface area contributed by atoms with Crippen molar-refractivity contribution in [2.45, 2.75) is 36.9 Å². The SMILES string of the molecule is CSc1ccc(C(=O)Nc2cc(F)ccc2C(=O)Nc2ccc(Cl)cn2)c(OC2CCN(C[C@@H](C)O)CC2)c1. The summed E-state index contributed by atoms with van der Waals surface area (Å²) < 4.78 is 20.5. The Morgan fingerprint density at radius 2 is 1.85 bits per heavy atom. The highest BCUT2D eigenvalue weighted by molar-refractivity contribution is 7.98. The van der Waals surface area contributed by atoms with Crippen LogP contribution in [0.3, 0.4) is 0 Å². The normalized spacial score (nSPS) is 15.0. The summed E-state index contributed by atoms with van der Waals surface area (Å²) in [5.74, 6) is -1.04. The van der Waals surface area contributed by atoms with Crippen LogP contribution in [-0.4, -0.2) is 64.9 Å². The van der Waals surface area contributed by atoms with Gasteiger partial charge in [-0.1, -0.05) is 11.6 Å². The van der Waals surface area contributed by atoms with E-state index in [1.165, 1.54) is 30.1 Å². The number of amides is 2. The number of anilines is 2. The number of benzene rings is 2. The monoisotopic (exact) mass is 572 g/mol. The molecule has 2 amide bonds. The second-order valence-electron chi connectivity index (χ2n) is 9.29. The van der Waals surface area contributed by atoms with Crippen LogP contribution in [0.4, 0.5) is 15.9 Å². The van der Waals surface area contributed by atoms with Crippen molar-refractivity contribution in [3.8, 4) is 5.75 Å². The van der Waals surface area contributed by atoms with E-state index in [0.29, 0.717) is 17.3 Å². The first-order valence-corrected chi connectivity index (χ1v) is 14.1. The molecule has 3 N–H and O–H groups in total. The van der Waals surface area contributed by atoms with Crippen LogP contribution < -0.4 is 15.4 Å². The molecule has 0 radical (unpaired) electrons. The molecule has 1 fully saturated rings. The third-order valence-corrected chi connectivity index (χ3v) is 7.18. The van der Waals surface area contributed by atoms with E-state index in [4.69, 9.17) is 16.3 Å². The number of thioether (sulfide) groups is 1. The van der Waals surface area contributed by atoms with Crippen LogP contribution in [-0.2, 0) is 0 Å². The average molecular weight is 573 g/mol. The number of β-amino-alcohol motifs (C(OH)–C–C–N with tert-alkyl or cyclic N) is 1. The number of likely N-dealkylation sites (tertiary alicyclic amines) is 1. The standard InChI is InChI=1S/C28H30ClFN4O4S/c1-17(35)16-34-11-9-20(10-12-34)38-25-14-21(39-2)5-7-23(25)28(37)32-24-13-19(30)4-6-22(24)27(36)33-26-8-3-18(29)15-31-26/h3-8,13-15,17,20,35H,9-12,16H2,1-2H3,(H,32,37)(H,31,33,36)/t17-/m1/s1. The molecule has 2 aromatic carbocycles. The summed E-state index contributed by atoms with van der Waals surface area (Å²) in [7, 11) is 0. The van der Waals surface area contributed by atoms with Gasteiger partial charge < -0.3 is 25.4 Å². The van der Waals surface area contributed by atoms with E-state index in [-0.39, 0.29) is 28.7 Å². The summed E-state index contributed by atoms with van der Waals surface area (Å²) in [6, 6.07) is 11.9. The summed E-state index contributed by atoms with van der Waals surface area (Å²) in [6.45, 7) is 3.94. The number of nitrogens with one attached hydrogen (secondary N) is 2. The van der Waals surface area contributed by atoms with Gasteiger partial charge in [-0.25, -0.2) is 9.37 Å². The lowest BCUT2D eigenvalue weighted by Gasteiger charge is -2.33. The van der Waals surface area contributed by atoms with Crippen LogP contribution in [0.2, 0.25) is 5.02 Å². The maximum absolute atomic E-state index is 14.2. The van der Waals surface area contributed by atoms with E-state index in [0.717, 1.165) is 43.0 Å². The molecule has 8 nitrogen and oxygen atoms in total. The number of aliphatic hydroxyl groups excluding tert-OH is 1. The highest BCUT2D eigenvalue weighted by atomic mass is 35.5. The van der Waals surface area contributed by atoms with Crippen molar-refractivity contribution in [1.29, 1.82) is 0 Å². The quantitative estimate of drug-likeness (QED) is 0.298. The lowest BCUT2D eigenvalue weighted by Crippen LogP contribution is -2.41. The second kappa shape index (κ2) is 13.3. The van der Waals surface area contributed by atoms with Crippen molar-refractivity contribution in [1.82, 2.24) is 9.88 Å². The van der Waals surface area contributed by atoms with Crippen LogP contribution in [0.1, 0.15) is 40.5 Å². The van der Waals surface area contributed by atoms with Crippen molar-refractivity contribution >= 4 is 46.7 Å². The van der Waals surface area contributed by atoms with Gasteiger partial charge in [-0.3, -0.25) is 9.59 Å². The summed E-state index contributed by atoms with van der Waals surface area (Å²) in [5, 5.41) is 15.4. The second-order valence-corrected chi connectivity index (χ2v) is 10.6. The molecule has 0 bridgehead atoms. The molecule has 1 aromatic heterocycles. The van der Waals surface area contributed by atoms with E-state index in [9.17, 15) is 19.1 Å². The van der Waals surface area contributed by atoms with Crippen LogP contribution in [0.15, 0.2) is 59.6 Å². The van der Waals surface area contributed by atoms with Gasteiger partial charge in [-0.2, -0.15) is 0 Å². The van der Waals surface area contributed by atoms with Crippen molar-refractivity contribution in [3.05, 3.63) is 76.7 Å². The molecule has 4 rings (SSSR count). The minimum atomic E-state index is -0.607. The number of hydrogen-bond donors (Lipinski definition) is 3. The third-order valence-electron chi connectivity index (χ3n) is 6.23. The molecular formula is C28H30ClFN4O4S. The first-order chi connectivity index (χ1) is 18.7. The van der Waals surface area contributed by atoms with Gasteiger partial charge in [-0.05, 0) is 74.6 Å². The zero-order valence-corrected chi connectivity index (χ0v) is 23.2. The van der Waals surface area contributed by atoms with Gasteiger partial charge in [0.05, 0.1) is 27.9 Å². The Kier molecular flexibility index (Phi) is 9.79. The summed E-state index contributed by atoms with van der Waals surface area (Å²) >= 11 is 7.38. The van der Waals surface area contributed by atoms with Crippen LogP contribution in [0, 0.1) is 5.82 Å². The Hall–Kier alpha value is -3.18. The van der Waals surface area contributed by atoms with E-state index in [2.05, 4.69) is 20.5 Å². The Morgan fingerprint density at radius 3 is 2.51 bits per heavy atom. The molecule has 1 aliphatic heterocycles. The molecular weight excluding hydrogens is 543 g/mol. The van der Waals surface area contributed by atoms with E-state index >= 15 is 0 Å². The van der Waals surface area contributed by atoms with Gasteiger partial charge in [0.25, 0.3) is 11.8 Å². The molecule has 0 aliphatic carbocycles. The van der Waals surface area contributed by atoms with E-state index in [1.54, 1.807) is 19.1 Å². The van der Waals surface area contributed by atoms with E-state index in [1.807, 2.05) is 18.4 Å².